The Labute approximate surface area is 112 Å². The second-order valence-corrected chi connectivity index (χ2v) is 3.79. The number of nitrogens with zero attached hydrogens (tertiary/aromatic N) is 1. The van der Waals surface area contributed by atoms with Crippen LogP contribution in [0.5, 0.6) is 0 Å². The third-order valence-electron chi connectivity index (χ3n) is 2.41. The lowest BCUT2D eigenvalue weighted by molar-refractivity contribution is 0.0205. The molecule has 0 aromatic carbocycles. The first-order valence-corrected chi connectivity index (χ1v) is 6.67. The van der Waals surface area contributed by atoms with Crippen LogP contribution in [0.1, 0.15) is 20.3 Å². The number of rotatable bonds is 11. The molecule has 0 N–H and O–H groups in total. The van der Waals surface area contributed by atoms with Crippen LogP contribution in [0.4, 0.5) is 0 Å². The third-order valence-corrected chi connectivity index (χ3v) is 2.41. The zero-order valence-electron chi connectivity index (χ0n) is 12.0. The Morgan fingerprint density at radius 3 is 2.17 bits per heavy atom. The maximum Gasteiger partial charge on any atom is 0.0701 e. The molecule has 0 aliphatic heterocycles. The number of methoxy groups -OCH3 is 1. The monoisotopic (exact) mass is 257 g/mol. The van der Waals surface area contributed by atoms with Gasteiger partial charge in [-0.2, -0.15) is 0 Å². The van der Waals surface area contributed by atoms with Crippen molar-refractivity contribution in [3.63, 3.8) is 0 Å². The highest BCUT2D eigenvalue weighted by Crippen LogP contribution is 1.88. The van der Waals surface area contributed by atoms with E-state index in [1.54, 1.807) is 7.11 Å². The van der Waals surface area contributed by atoms with Gasteiger partial charge in [0.05, 0.1) is 39.6 Å². The lowest BCUT2D eigenvalue weighted by Gasteiger charge is -2.17. The van der Waals surface area contributed by atoms with E-state index in [9.17, 15) is 0 Å². The summed E-state index contributed by atoms with van der Waals surface area (Å²) in [4.78, 5) is 2.27. The Balaban J connectivity index is 3.34. The molecular formula is C14H27NO3. The van der Waals surface area contributed by atoms with Crippen molar-refractivity contribution >= 4 is 0 Å². The summed E-state index contributed by atoms with van der Waals surface area (Å²) in [6.07, 6.45) is 0.923. The predicted octanol–water partition coefficient (Wildman–Crippen LogP) is 1.40. The third kappa shape index (κ3) is 11.9. The quantitative estimate of drug-likeness (QED) is 0.413. The van der Waals surface area contributed by atoms with Gasteiger partial charge in [-0.3, -0.25) is 4.90 Å². The standard InChI is InChI=1S/C14H27NO3/c1-4-6-7-8-15(5-2)9-10-17-13-14-18-12-11-16-3/h4-5,8-14H2,1-3H3. The van der Waals surface area contributed by atoms with E-state index in [4.69, 9.17) is 14.2 Å². The highest BCUT2D eigenvalue weighted by Gasteiger charge is 1.99. The molecule has 0 radical (unpaired) electrons. The predicted molar refractivity (Wildman–Crippen MR) is 73.7 cm³/mol. The van der Waals surface area contributed by atoms with Crippen LogP contribution in [0.25, 0.3) is 0 Å². The summed E-state index contributed by atoms with van der Waals surface area (Å²) in [5.41, 5.74) is 0. The van der Waals surface area contributed by atoms with E-state index in [1.165, 1.54) is 0 Å². The largest absolute Gasteiger partial charge is 0.382 e. The molecule has 0 heterocycles. The van der Waals surface area contributed by atoms with Gasteiger partial charge in [0.1, 0.15) is 0 Å². The van der Waals surface area contributed by atoms with Crippen LogP contribution >= 0.6 is 0 Å². The van der Waals surface area contributed by atoms with Gasteiger partial charge in [-0.1, -0.05) is 19.8 Å². The van der Waals surface area contributed by atoms with Crippen LogP contribution < -0.4 is 0 Å². The van der Waals surface area contributed by atoms with E-state index < -0.39 is 0 Å². The van der Waals surface area contributed by atoms with E-state index in [0.717, 1.165) is 32.7 Å². The minimum Gasteiger partial charge on any atom is -0.382 e. The molecule has 0 saturated heterocycles. The minimum absolute atomic E-state index is 0.630. The van der Waals surface area contributed by atoms with E-state index in [-0.39, 0.29) is 0 Å². The zero-order chi connectivity index (χ0) is 13.5. The summed E-state index contributed by atoms with van der Waals surface area (Å²) < 4.78 is 15.7. The first-order chi connectivity index (χ1) is 8.85. The molecule has 0 aliphatic rings. The minimum atomic E-state index is 0.630. The van der Waals surface area contributed by atoms with Crippen molar-refractivity contribution in [2.75, 3.05) is 59.8 Å². The van der Waals surface area contributed by atoms with Crippen LogP contribution in [0.3, 0.4) is 0 Å². The summed E-state index contributed by atoms with van der Waals surface area (Å²) in [5, 5.41) is 0. The maximum absolute atomic E-state index is 5.50. The number of hydrogen-bond donors (Lipinski definition) is 0. The Bertz CT molecular complexity index is 223. The van der Waals surface area contributed by atoms with Gasteiger partial charge in [0.2, 0.25) is 0 Å². The van der Waals surface area contributed by atoms with E-state index in [1.807, 2.05) is 0 Å². The summed E-state index contributed by atoms with van der Waals surface area (Å²) >= 11 is 0. The molecule has 0 fully saturated rings. The summed E-state index contributed by atoms with van der Waals surface area (Å²) in [6.45, 7) is 10.2. The highest BCUT2D eigenvalue weighted by molar-refractivity contribution is 5.00. The molecule has 0 unspecified atom stereocenters. The first kappa shape index (κ1) is 17.4. The normalized spacial score (nSPS) is 10.4. The Hall–Kier alpha value is -0.600. The average molecular weight is 257 g/mol. The van der Waals surface area contributed by atoms with Crippen LogP contribution in [-0.4, -0.2) is 64.7 Å². The van der Waals surface area contributed by atoms with Gasteiger partial charge in [0.25, 0.3) is 0 Å². The lowest BCUT2D eigenvalue weighted by Crippen LogP contribution is -2.28. The summed E-state index contributed by atoms with van der Waals surface area (Å²) in [7, 11) is 1.67. The van der Waals surface area contributed by atoms with E-state index in [0.29, 0.717) is 26.4 Å². The number of ether oxygens (including phenoxy) is 3. The molecule has 0 aliphatic carbocycles. The van der Waals surface area contributed by atoms with Crippen molar-refractivity contribution in [2.45, 2.75) is 20.3 Å². The topological polar surface area (TPSA) is 30.9 Å². The highest BCUT2D eigenvalue weighted by atomic mass is 16.5. The molecule has 4 heteroatoms. The number of likely N-dealkylation sites (N-methyl/N-ethyl adjacent to an activating group) is 1. The van der Waals surface area contributed by atoms with E-state index in [2.05, 4.69) is 30.6 Å². The molecule has 4 nitrogen and oxygen atoms in total. The second kappa shape index (κ2) is 14.5. The molecule has 0 saturated carbocycles. The van der Waals surface area contributed by atoms with Gasteiger partial charge < -0.3 is 14.2 Å². The fourth-order valence-corrected chi connectivity index (χ4v) is 1.30. The Morgan fingerprint density at radius 2 is 1.56 bits per heavy atom. The van der Waals surface area contributed by atoms with Crippen molar-refractivity contribution in [1.29, 1.82) is 0 Å². The molecule has 0 atom stereocenters. The molecule has 18 heavy (non-hydrogen) atoms. The van der Waals surface area contributed by atoms with Gasteiger partial charge >= 0.3 is 0 Å². The SMILES string of the molecule is CCC#CCN(CC)CCOCCOCCOC. The van der Waals surface area contributed by atoms with Crippen LogP contribution in [0.15, 0.2) is 0 Å². The fraction of sp³-hybridized carbons (Fsp3) is 0.857. The molecule has 0 spiro atoms. The summed E-state index contributed by atoms with van der Waals surface area (Å²) in [5.74, 6) is 6.22. The fourth-order valence-electron chi connectivity index (χ4n) is 1.30. The van der Waals surface area contributed by atoms with Crippen LogP contribution in [-0.2, 0) is 14.2 Å². The molecule has 0 aromatic rings. The first-order valence-electron chi connectivity index (χ1n) is 6.67. The smallest absolute Gasteiger partial charge is 0.0701 e. The maximum atomic E-state index is 5.50. The molecule has 0 bridgehead atoms. The van der Waals surface area contributed by atoms with Crippen LogP contribution in [0, 0.1) is 11.8 Å². The van der Waals surface area contributed by atoms with Crippen molar-refractivity contribution < 1.29 is 14.2 Å². The Morgan fingerprint density at radius 1 is 0.889 bits per heavy atom. The molecule has 0 amide bonds. The van der Waals surface area contributed by atoms with Gasteiger partial charge in [-0.25, -0.2) is 0 Å². The van der Waals surface area contributed by atoms with Gasteiger partial charge in [0, 0.05) is 20.1 Å². The average Bonchev–Trinajstić information content (AvgIpc) is 2.40. The molecular weight excluding hydrogens is 230 g/mol. The van der Waals surface area contributed by atoms with Crippen LogP contribution in [0.2, 0.25) is 0 Å². The van der Waals surface area contributed by atoms with Gasteiger partial charge in [-0.15, -0.1) is 5.92 Å². The lowest BCUT2D eigenvalue weighted by atomic mass is 10.4. The van der Waals surface area contributed by atoms with Gasteiger partial charge in [-0.05, 0) is 6.54 Å². The molecule has 106 valence electrons. The molecule has 0 rings (SSSR count). The van der Waals surface area contributed by atoms with Crippen molar-refractivity contribution in [3.8, 4) is 11.8 Å². The summed E-state index contributed by atoms with van der Waals surface area (Å²) in [6, 6.07) is 0. The van der Waals surface area contributed by atoms with Crippen molar-refractivity contribution in [1.82, 2.24) is 4.90 Å². The second-order valence-electron chi connectivity index (χ2n) is 3.79. The zero-order valence-corrected chi connectivity index (χ0v) is 12.0. The van der Waals surface area contributed by atoms with Gasteiger partial charge in [0.15, 0.2) is 0 Å². The number of hydrogen-bond acceptors (Lipinski definition) is 4. The van der Waals surface area contributed by atoms with E-state index >= 15 is 0 Å². The van der Waals surface area contributed by atoms with Crippen molar-refractivity contribution in [3.05, 3.63) is 0 Å². The molecule has 0 aromatic heterocycles. The van der Waals surface area contributed by atoms with Crippen molar-refractivity contribution in [2.24, 2.45) is 0 Å². The Kier molecular flexibility index (Phi) is 14.0.